The minimum absolute atomic E-state index is 0.221. The number of furan rings is 1. The zero-order valence-electron chi connectivity index (χ0n) is 13.5. The van der Waals surface area contributed by atoms with E-state index >= 15 is 0 Å². The molecule has 0 radical (unpaired) electrons. The van der Waals surface area contributed by atoms with Gasteiger partial charge in [0.15, 0.2) is 5.96 Å². The lowest BCUT2D eigenvalue weighted by molar-refractivity contribution is 0.0437. The zero-order valence-corrected chi connectivity index (χ0v) is 13.5. The lowest BCUT2D eigenvalue weighted by Crippen LogP contribution is -2.40. The third-order valence-electron chi connectivity index (χ3n) is 3.53. The lowest BCUT2D eigenvalue weighted by Gasteiger charge is -2.19. The fourth-order valence-corrected chi connectivity index (χ4v) is 2.01. The van der Waals surface area contributed by atoms with Gasteiger partial charge >= 0.3 is 0 Å². The van der Waals surface area contributed by atoms with Crippen LogP contribution in [0.5, 0.6) is 0 Å². The summed E-state index contributed by atoms with van der Waals surface area (Å²) in [5.41, 5.74) is -1.12. The maximum atomic E-state index is 10.4. The molecule has 22 heavy (non-hydrogen) atoms. The molecule has 0 aliphatic heterocycles. The molecule has 1 aromatic heterocycles. The van der Waals surface area contributed by atoms with Crippen LogP contribution in [-0.2, 0) is 10.3 Å². The van der Waals surface area contributed by atoms with Crippen LogP contribution in [0.1, 0.15) is 32.4 Å². The largest absolute Gasteiger partial charge is 0.466 e. The molecule has 1 aliphatic carbocycles. The van der Waals surface area contributed by atoms with Crippen molar-refractivity contribution in [3.8, 4) is 0 Å². The van der Waals surface area contributed by atoms with Gasteiger partial charge in [0.05, 0.1) is 19.4 Å². The minimum Gasteiger partial charge on any atom is -0.466 e. The Morgan fingerprint density at radius 3 is 2.95 bits per heavy atom. The molecule has 0 bridgehead atoms. The lowest BCUT2D eigenvalue weighted by atomic mass is 10.0. The van der Waals surface area contributed by atoms with Gasteiger partial charge in [-0.2, -0.15) is 0 Å². The first-order chi connectivity index (χ1) is 10.6. The summed E-state index contributed by atoms with van der Waals surface area (Å²) in [6, 6.07) is 3.51. The molecule has 1 unspecified atom stereocenters. The highest BCUT2D eigenvalue weighted by molar-refractivity contribution is 5.79. The molecule has 1 saturated carbocycles. The normalized spacial score (nSPS) is 18.0. The molecule has 6 nitrogen and oxygen atoms in total. The van der Waals surface area contributed by atoms with Crippen LogP contribution in [0, 0.1) is 5.92 Å². The number of nitrogens with zero attached hydrogens (tertiary/aromatic N) is 1. The number of hydrogen-bond acceptors (Lipinski definition) is 4. The van der Waals surface area contributed by atoms with E-state index in [1.807, 2.05) is 6.92 Å². The number of ether oxygens (including phenoxy) is 1. The summed E-state index contributed by atoms with van der Waals surface area (Å²) in [6.07, 6.45) is 4.16. The standard InChI is InChI=1S/C16H27N3O3/c1-3-17-15(18-8-10-21-11-13-6-7-13)19-12-16(2,20)14-5-4-9-22-14/h4-5,9,13,20H,3,6-8,10-12H2,1-2H3,(H2,17,18,19). The maximum Gasteiger partial charge on any atom is 0.191 e. The van der Waals surface area contributed by atoms with Crippen molar-refractivity contribution in [2.45, 2.75) is 32.3 Å². The van der Waals surface area contributed by atoms with Crippen LogP contribution in [0.2, 0.25) is 0 Å². The van der Waals surface area contributed by atoms with Gasteiger partial charge < -0.3 is 24.9 Å². The first-order valence-electron chi connectivity index (χ1n) is 7.98. The average Bonchev–Trinajstić information content (AvgIpc) is 3.14. The quantitative estimate of drug-likeness (QED) is 0.366. The van der Waals surface area contributed by atoms with Crippen molar-refractivity contribution in [2.24, 2.45) is 10.9 Å². The van der Waals surface area contributed by atoms with Gasteiger partial charge in [0.2, 0.25) is 0 Å². The predicted molar refractivity (Wildman–Crippen MR) is 85.8 cm³/mol. The van der Waals surface area contributed by atoms with Gasteiger partial charge in [0.25, 0.3) is 0 Å². The molecule has 6 heteroatoms. The number of rotatable bonds is 9. The number of hydrogen-bond donors (Lipinski definition) is 3. The van der Waals surface area contributed by atoms with Crippen LogP contribution in [0.15, 0.2) is 27.8 Å². The summed E-state index contributed by atoms with van der Waals surface area (Å²) in [6.45, 7) is 6.90. The zero-order chi connectivity index (χ0) is 15.8. The summed E-state index contributed by atoms with van der Waals surface area (Å²) < 4.78 is 10.8. The second kappa shape index (κ2) is 8.19. The molecule has 1 aromatic rings. The van der Waals surface area contributed by atoms with Crippen molar-refractivity contribution in [3.63, 3.8) is 0 Å². The molecule has 2 rings (SSSR count). The molecule has 1 atom stereocenters. The van der Waals surface area contributed by atoms with E-state index in [9.17, 15) is 5.11 Å². The molecule has 1 aliphatic rings. The minimum atomic E-state index is -1.12. The van der Waals surface area contributed by atoms with E-state index in [4.69, 9.17) is 9.15 Å². The predicted octanol–water partition coefficient (Wildman–Crippen LogP) is 1.47. The topological polar surface area (TPSA) is 79.0 Å². The highest BCUT2D eigenvalue weighted by Gasteiger charge is 2.26. The Kier molecular flexibility index (Phi) is 6.27. The number of aliphatic hydroxyl groups is 1. The summed E-state index contributed by atoms with van der Waals surface area (Å²) in [5.74, 6) is 1.97. The second-order valence-electron chi connectivity index (χ2n) is 5.89. The Morgan fingerprint density at radius 2 is 2.32 bits per heavy atom. The van der Waals surface area contributed by atoms with Crippen molar-refractivity contribution < 1.29 is 14.3 Å². The second-order valence-corrected chi connectivity index (χ2v) is 5.89. The van der Waals surface area contributed by atoms with Gasteiger partial charge in [-0.3, -0.25) is 0 Å². The van der Waals surface area contributed by atoms with Crippen molar-refractivity contribution >= 4 is 5.96 Å². The first kappa shape index (κ1) is 16.8. The Bertz CT molecular complexity index is 453. The van der Waals surface area contributed by atoms with Gasteiger partial charge in [-0.1, -0.05) is 0 Å². The van der Waals surface area contributed by atoms with E-state index in [1.54, 1.807) is 25.3 Å². The van der Waals surface area contributed by atoms with Crippen molar-refractivity contribution in [1.29, 1.82) is 0 Å². The molecular weight excluding hydrogens is 282 g/mol. The third-order valence-corrected chi connectivity index (χ3v) is 3.53. The van der Waals surface area contributed by atoms with Crippen molar-refractivity contribution in [2.75, 3.05) is 32.8 Å². The van der Waals surface area contributed by atoms with Crippen molar-refractivity contribution in [1.82, 2.24) is 10.6 Å². The summed E-state index contributed by atoms with van der Waals surface area (Å²) in [4.78, 5) is 4.42. The molecule has 0 saturated heterocycles. The highest BCUT2D eigenvalue weighted by Crippen LogP contribution is 2.28. The molecule has 0 spiro atoms. The Labute approximate surface area is 132 Å². The SMILES string of the molecule is CCNC(=NCC(C)(O)c1ccco1)NCCOCC1CC1. The fraction of sp³-hybridized carbons (Fsp3) is 0.688. The van der Waals surface area contributed by atoms with Crippen LogP contribution >= 0.6 is 0 Å². The molecule has 3 N–H and O–H groups in total. The smallest absolute Gasteiger partial charge is 0.191 e. The summed E-state index contributed by atoms with van der Waals surface area (Å²) >= 11 is 0. The Morgan fingerprint density at radius 1 is 1.50 bits per heavy atom. The van der Waals surface area contributed by atoms with Crippen LogP contribution in [0.3, 0.4) is 0 Å². The Hall–Kier alpha value is -1.53. The third kappa shape index (κ3) is 5.69. The van der Waals surface area contributed by atoms with E-state index in [0.29, 0.717) is 24.9 Å². The van der Waals surface area contributed by atoms with E-state index in [2.05, 4.69) is 15.6 Å². The van der Waals surface area contributed by atoms with Crippen molar-refractivity contribution in [3.05, 3.63) is 24.2 Å². The highest BCUT2D eigenvalue weighted by atomic mass is 16.5. The van der Waals surface area contributed by atoms with E-state index in [-0.39, 0.29) is 6.54 Å². The molecular formula is C16H27N3O3. The van der Waals surface area contributed by atoms with Gasteiger partial charge in [0, 0.05) is 19.7 Å². The van der Waals surface area contributed by atoms with E-state index in [0.717, 1.165) is 19.1 Å². The molecule has 1 heterocycles. The molecule has 124 valence electrons. The maximum absolute atomic E-state index is 10.4. The van der Waals surface area contributed by atoms with Gasteiger partial charge in [-0.05, 0) is 44.7 Å². The number of nitrogens with one attached hydrogen (secondary N) is 2. The van der Waals surface area contributed by atoms with Crippen LogP contribution in [-0.4, -0.2) is 43.9 Å². The molecule has 0 amide bonds. The van der Waals surface area contributed by atoms with Gasteiger partial charge in [-0.25, -0.2) is 4.99 Å². The first-order valence-corrected chi connectivity index (χ1v) is 7.98. The monoisotopic (exact) mass is 309 g/mol. The summed E-state index contributed by atoms with van der Waals surface area (Å²) in [7, 11) is 0. The van der Waals surface area contributed by atoms with E-state index in [1.165, 1.54) is 12.8 Å². The van der Waals surface area contributed by atoms with Crippen LogP contribution < -0.4 is 10.6 Å². The Balaban J connectivity index is 1.75. The average molecular weight is 309 g/mol. The van der Waals surface area contributed by atoms with Gasteiger partial charge in [-0.15, -0.1) is 0 Å². The van der Waals surface area contributed by atoms with Crippen LogP contribution in [0.25, 0.3) is 0 Å². The van der Waals surface area contributed by atoms with E-state index < -0.39 is 5.60 Å². The molecule has 0 aromatic carbocycles. The number of aliphatic imine (C=N–C) groups is 1. The summed E-state index contributed by atoms with van der Waals surface area (Å²) in [5, 5.41) is 16.7. The van der Waals surface area contributed by atoms with Gasteiger partial charge in [0.1, 0.15) is 11.4 Å². The van der Waals surface area contributed by atoms with Crippen LogP contribution in [0.4, 0.5) is 0 Å². The number of guanidine groups is 1. The fourth-order valence-electron chi connectivity index (χ4n) is 2.01. The molecule has 1 fully saturated rings.